The number of aliphatic hydroxyl groups is 1. The Morgan fingerprint density at radius 2 is 1.44 bits per heavy atom. The van der Waals surface area contributed by atoms with Gasteiger partial charge in [0.25, 0.3) is 0 Å². The number of benzene rings is 4. The van der Waals surface area contributed by atoms with Crippen LogP contribution in [-0.4, -0.2) is 75.0 Å². The summed E-state index contributed by atoms with van der Waals surface area (Å²) in [6, 6.07) is 32.6. The van der Waals surface area contributed by atoms with Gasteiger partial charge in [-0.2, -0.15) is 4.31 Å². The normalized spacial score (nSPS) is 19.0. The number of hydrogen-bond acceptors (Lipinski definition) is 11. The van der Waals surface area contributed by atoms with Gasteiger partial charge in [0.15, 0.2) is 12.6 Å². The molecule has 0 unspecified atom stereocenters. The van der Waals surface area contributed by atoms with Crippen LogP contribution in [0.15, 0.2) is 132 Å². The zero-order chi connectivity index (χ0) is 41.8. The van der Waals surface area contributed by atoms with Gasteiger partial charge < -0.3 is 38.4 Å². The predicted molar refractivity (Wildman–Crippen MR) is 222 cm³/mol. The minimum atomic E-state index is -4.17. The molecule has 0 saturated carbocycles. The Bertz CT molecular complexity index is 2060. The molecule has 316 valence electrons. The lowest BCUT2D eigenvalue weighted by Crippen LogP contribution is -2.51. The van der Waals surface area contributed by atoms with E-state index in [2.05, 4.69) is 11.9 Å². The molecular formula is C44H53N2O11PS. The highest BCUT2D eigenvalue weighted by molar-refractivity contribution is 7.89. The van der Waals surface area contributed by atoms with Gasteiger partial charge in [-0.25, -0.2) is 13.2 Å². The topological polar surface area (TPSA) is 159 Å². The van der Waals surface area contributed by atoms with Crippen LogP contribution >= 0.6 is 7.60 Å². The van der Waals surface area contributed by atoms with E-state index in [1.807, 2.05) is 105 Å². The number of carbonyl (C=O) groups excluding carboxylic acids is 1. The van der Waals surface area contributed by atoms with Gasteiger partial charge >= 0.3 is 13.7 Å². The molecule has 5 atom stereocenters. The summed E-state index contributed by atoms with van der Waals surface area (Å²) in [6.45, 7) is 8.45. The third kappa shape index (κ3) is 12.6. The second-order valence-electron chi connectivity index (χ2n) is 15.1. The monoisotopic (exact) mass is 848 g/mol. The maximum absolute atomic E-state index is 14.2. The Labute approximate surface area is 346 Å². The van der Waals surface area contributed by atoms with Gasteiger partial charge in [-0.05, 0) is 59.7 Å². The summed E-state index contributed by atoms with van der Waals surface area (Å²) in [5.74, 6) is 0.202. The summed E-state index contributed by atoms with van der Waals surface area (Å²) < 4.78 is 77.9. The summed E-state index contributed by atoms with van der Waals surface area (Å²) in [6.07, 6.45) is -1.95. The van der Waals surface area contributed by atoms with E-state index < -0.39 is 42.2 Å². The first-order chi connectivity index (χ1) is 28.4. The largest absolute Gasteiger partial charge is 0.481 e. The second-order valence-corrected chi connectivity index (χ2v) is 19.0. The van der Waals surface area contributed by atoms with Crippen molar-refractivity contribution in [3.63, 3.8) is 0 Å². The van der Waals surface area contributed by atoms with Gasteiger partial charge in [-0.3, -0.25) is 4.57 Å². The van der Waals surface area contributed by atoms with Crippen molar-refractivity contribution < 1.29 is 50.9 Å². The van der Waals surface area contributed by atoms with E-state index in [-0.39, 0.29) is 73.2 Å². The van der Waals surface area contributed by atoms with E-state index in [4.69, 9.17) is 28.0 Å². The smallest absolute Gasteiger partial charge is 0.412 e. The first-order valence-electron chi connectivity index (χ1n) is 19.7. The van der Waals surface area contributed by atoms with Crippen molar-refractivity contribution in [2.24, 2.45) is 17.8 Å². The van der Waals surface area contributed by atoms with Crippen molar-refractivity contribution in [2.45, 2.75) is 63.2 Å². The Morgan fingerprint density at radius 3 is 2.02 bits per heavy atom. The van der Waals surface area contributed by atoms with E-state index in [0.29, 0.717) is 13.2 Å². The number of nitrogens with zero attached hydrogens (tertiary/aromatic N) is 1. The third-order valence-corrected chi connectivity index (χ3v) is 13.4. The lowest BCUT2D eigenvalue weighted by atomic mass is 9.92. The molecule has 1 amide bonds. The van der Waals surface area contributed by atoms with E-state index in [1.54, 1.807) is 0 Å². The number of hydrogen-bond donors (Lipinski definition) is 2. The molecule has 59 heavy (non-hydrogen) atoms. The van der Waals surface area contributed by atoms with Crippen LogP contribution in [0.4, 0.5) is 4.79 Å². The number of carbonyl (C=O) groups is 1. The number of fused-ring (bicyclic) bond motifs is 1. The van der Waals surface area contributed by atoms with E-state index in [9.17, 15) is 22.9 Å². The molecule has 2 fully saturated rings. The molecule has 0 spiro atoms. The fourth-order valence-electron chi connectivity index (χ4n) is 6.95. The summed E-state index contributed by atoms with van der Waals surface area (Å²) >= 11 is 0. The van der Waals surface area contributed by atoms with Crippen LogP contribution in [0.2, 0.25) is 0 Å². The second kappa shape index (κ2) is 20.7. The van der Waals surface area contributed by atoms with Crippen LogP contribution in [0.25, 0.3) is 0 Å². The van der Waals surface area contributed by atoms with Gasteiger partial charge in [-0.1, -0.05) is 111 Å². The zero-order valence-corrected chi connectivity index (χ0v) is 35.0. The van der Waals surface area contributed by atoms with Crippen LogP contribution in [-0.2, 0) is 57.5 Å². The molecule has 2 aliphatic heterocycles. The first-order valence-corrected chi connectivity index (χ1v) is 22.9. The molecule has 0 aromatic heterocycles. The van der Waals surface area contributed by atoms with E-state index >= 15 is 0 Å². The van der Waals surface area contributed by atoms with E-state index in [1.165, 1.54) is 28.6 Å². The summed E-state index contributed by atoms with van der Waals surface area (Å²) in [4.78, 5) is 13.2. The number of alkyl carbamates (subject to hydrolysis) is 1. The zero-order valence-electron chi connectivity index (χ0n) is 33.3. The molecule has 4 aromatic rings. The van der Waals surface area contributed by atoms with Crippen LogP contribution in [0.3, 0.4) is 0 Å². The number of sulfonamides is 1. The molecule has 2 aliphatic rings. The minimum absolute atomic E-state index is 0.0374. The van der Waals surface area contributed by atoms with Crippen molar-refractivity contribution in [1.29, 1.82) is 0 Å². The van der Waals surface area contributed by atoms with Crippen LogP contribution in [0.1, 0.15) is 37.0 Å². The highest BCUT2D eigenvalue weighted by Gasteiger charge is 2.44. The van der Waals surface area contributed by atoms with Crippen LogP contribution in [0.5, 0.6) is 5.75 Å². The molecular weight excluding hydrogens is 796 g/mol. The van der Waals surface area contributed by atoms with Crippen molar-refractivity contribution in [1.82, 2.24) is 9.62 Å². The highest BCUT2D eigenvalue weighted by atomic mass is 32.2. The van der Waals surface area contributed by atoms with Gasteiger partial charge in [0.05, 0.1) is 43.5 Å². The Kier molecular flexibility index (Phi) is 15.5. The number of aliphatic hydroxyl groups excluding tert-OH is 1. The highest BCUT2D eigenvalue weighted by Crippen LogP contribution is 2.50. The minimum Gasteiger partial charge on any atom is -0.481 e. The molecule has 2 heterocycles. The van der Waals surface area contributed by atoms with E-state index in [0.717, 1.165) is 23.1 Å². The lowest BCUT2D eigenvalue weighted by Gasteiger charge is -2.30. The molecule has 4 aromatic carbocycles. The van der Waals surface area contributed by atoms with Gasteiger partial charge in [0, 0.05) is 24.9 Å². The SMILES string of the molecule is C=C(OC(=O)N[C@@H](Cc1ccccc1)[C@H](O)CN(CC(C)C)S(=O)(=O)c1ccc(OCP(=O)(OCc2ccccc2)OCc2ccccc2)cc1)[C@H]1CO[C@H]2OCC[C@H]21. The number of nitrogens with one attached hydrogen (secondary N) is 1. The fourth-order valence-corrected chi connectivity index (χ4v) is 9.80. The predicted octanol–water partition coefficient (Wildman–Crippen LogP) is 7.52. The van der Waals surface area contributed by atoms with Crippen molar-refractivity contribution in [3.05, 3.63) is 144 Å². The van der Waals surface area contributed by atoms with Crippen LogP contribution < -0.4 is 10.1 Å². The van der Waals surface area contributed by atoms with Crippen LogP contribution in [0, 0.1) is 17.8 Å². The Balaban J connectivity index is 1.12. The average Bonchev–Trinajstić information content (AvgIpc) is 3.87. The Hall–Kier alpha value is -4.37. The maximum Gasteiger partial charge on any atom is 0.412 e. The molecule has 15 heteroatoms. The third-order valence-electron chi connectivity index (χ3n) is 10.1. The van der Waals surface area contributed by atoms with Gasteiger partial charge in [0.2, 0.25) is 10.0 Å². The summed E-state index contributed by atoms with van der Waals surface area (Å²) in [7, 11) is -7.98. The number of ether oxygens (including phenoxy) is 4. The number of rotatable bonds is 21. The standard InChI is InChI=1S/C44H53N2O11PS/c1-32(2)26-46(27-42(47)41(25-34-13-7-4-8-14-34)45-44(48)57-33(3)40-30-53-43-39(40)23-24-52-43)59(50,51)38-21-19-37(20-22-38)54-31-58(49,55-28-35-15-9-5-10-16-35)56-29-36-17-11-6-12-18-36/h4-22,32,39-43,47H,3,23-31H2,1-2H3,(H,45,48)/t39-,40+,41-,42+,43+/m0/s1. The molecule has 13 nitrogen and oxygen atoms in total. The molecule has 0 aliphatic carbocycles. The lowest BCUT2D eigenvalue weighted by molar-refractivity contribution is -0.0905. The number of amides is 1. The van der Waals surface area contributed by atoms with Crippen molar-refractivity contribution in [2.75, 3.05) is 32.7 Å². The summed E-state index contributed by atoms with van der Waals surface area (Å²) in [5.41, 5.74) is 2.43. The summed E-state index contributed by atoms with van der Waals surface area (Å²) in [5, 5.41) is 14.5. The molecule has 6 rings (SSSR count). The Morgan fingerprint density at radius 1 is 0.864 bits per heavy atom. The quantitative estimate of drug-likeness (QED) is 0.0631. The first kappa shape index (κ1) is 44.2. The molecule has 2 N–H and O–H groups in total. The van der Waals surface area contributed by atoms with Gasteiger partial charge in [-0.15, -0.1) is 0 Å². The van der Waals surface area contributed by atoms with Crippen molar-refractivity contribution in [3.8, 4) is 5.75 Å². The molecule has 2 saturated heterocycles. The van der Waals surface area contributed by atoms with Crippen molar-refractivity contribution >= 4 is 23.7 Å². The van der Waals surface area contributed by atoms with Gasteiger partial charge in [0.1, 0.15) is 11.5 Å². The fraction of sp³-hybridized carbons (Fsp3) is 0.386. The average molecular weight is 849 g/mol. The maximum atomic E-state index is 14.2. The molecule has 0 bridgehead atoms. The molecule has 0 radical (unpaired) electrons.